The van der Waals surface area contributed by atoms with E-state index in [4.69, 9.17) is 19.9 Å². The van der Waals surface area contributed by atoms with Crippen molar-refractivity contribution >= 4 is 17.7 Å². The lowest BCUT2D eigenvalue weighted by atomic mass is 9.45. The molecule has 4 saturated carbocycles. The van der Waals surface area contributed by atoms with Crippen molar-refractivity contribution in [1.29, 1.82) is 0 Å². The first-order chi connectivity index (χ1) is 18.7. The number of hydrogen-bond acceptors (Lipinski definition) is 7. The fourth-order valence-electron chi connectivity index (χ4n) is 9.53. The SMILES string of the molecule is CC(C)CC1CCC2C3CCC4C5COC[C@@]4(C[C@@H](OC(=O)C4CC4)[C@@H]5OCCN)C3=CC(=O)C2C1C(=O)O. The van der Waals surface area contributed by atoms with Gasteiger partial charge in [-0.3, -0.25) is 14.4 Å². The lowest BCUT2D eigenvalue weighted by Crippen LogP contribution is -2.64. The van der Waals surface area contributed by atoms with Crippen molar-refractivity contribution in [2.45, 2.75) is 77.4 Å². The smallest absolute Gasteiger partial charge is 0.309 e. The van der Waals surface area contributed by atoms with E-state index in [9.17, 15) is 19.5 Å². The Labute approximate surface area is 231 Å². The predicted molar refractivity (Wildman–Crippen MR) is 142 cm³/mol. The number of esters is 1. The summed E-state index contributed by atoms with van der Waals surface area (Å²) in [5.41, 5.74) is 6.56. The van der Waals surface area contributed by atoms with Crippen LogP contribution in [0.3, 0.4) is 0 Å². The third-order valence-electron chi connectivity index (χ3n) is 11.0. The van der Waals surface area contributed by atoms with Gasteiger partial charge in [0.2, 0.25) is 0 Å². The van der Waals surface area contributed by atoms with Crippen LogP contribution in [-0.4, -0.2) is 61.4 Å². The van der Waals surface area contributed by atoms with Crippen LogP contribution in [0.1, 0.15) is 65.2 Å². The van der Waals surface area contributed by atoms with E-state index < -0.39 is 23.9 Å². The summed E-state index contributed by atoms with van der Waals surface area (Å²) < 4.78 is 18.7. The lowest BCUT2D eigenvalue weighted by Gasteiger charge is -2.63. The second-order valence-electron chi connectivity index (χ2n) is 13.7. The summed E-state index contributed by atoms with van der Waals surface area (Å²) >= 11 is 0. The summed E-state index contributed by atoms with van der Waals surface area (Å²) in [5, 5.41) is 10.3. The first-order valence-corrected chi connectivity index (χ1v) is 15.3. The van der Waals surface area contributed by atoms with Crippen molar-refractivity contribution in [3.05, 3.63) is 11.6 Å². The molecule has 1 saturated heterocycles. The fourth-order valence-corrected chi connectivity index (χ4v) is 9.53. The highest BCUT2D eigenvalue weighted by atomic mass is 16.6. The minimum atomic E-state index is -0.821. The molecular formula is C31H45NO7. The van der Waals surface area contributed by atoms with Gasteiger partial charge in [0.25, 0.3) is 0 Å². The van der Waals surface area contributed by atoms with E-state index >= 15 is 0 Å². The first-order valence-electron chi connectivity index (χ1n) is 15.3. The Morgan fingerprint density at radius 1 is 1.15 bits per heavy atom. The summed E-state index contributed by atoms with van der Waals surface area (Å²) in [4.78, 5) is 39.3. The van der Waals surface area contributed by atoms with Gasteiger partial charge in [0, 0.05) is 23.8 Å². The predicted octanol–water partition coefficient (Wildman–Crippen LogP) is 3.61. The molecule has 0 aromatic carbocycles. The van der Waals surface area contributed by atoms with Crippen LogP contribution < -0.4 is 5.73 Å². The number of carbonyl (C=O) groups excluding carboxylic acids is 2. The highest BCUT2D eigenvalue weighted by Gasteiger charge is 2.64. The first kappa shape index (κ1) is 27.4. The van der Waals surface area contributed by atoms with Gasteiger partial charge in [-0.25, -0.2) is 0 Å². The van der Waals surface area contributed by atoms with Gasteiger partial charge in [-0.05, 0) is 87.0 Å². The van der Waals surface area contributed by atoms with E-state index in [1.54, 1.807) is 0 Å². The third kappa shape index (κ3) is 4.68. The van der Waals surface area contributed by atoms with E-state index in [-0.39, 0.29) is 58.8 Å². The molecule has 5 fully saturated rings. The number of rotatable bonds is 8. The number of hydrogen-bond donors (Lipinski definition) is 2. The van der Waals surface area contributed by atoms with Crippen LogP contribution >= 0.6 is 0 Å². The quantitative estimate of drug-likeness (QED) is 0.445. The molecule has 6 aliphatic rings. The van der Waals surface area contributed by atoms with E-state index in [0.29, 0.717) is 38.7 Å². The number of nitrogens with two attached hydrogens (primary N) is 1. The zero-order valence-electron chi connectivity index (χ0n) is 23.4. The molecule has 0 amide bonds. The maximum absolute atomic E-state index is 13.9. The Kier molecular flexibility index (Phi) is 7.43. The topological polar surface area (TPSA) is 125 Å². The average Bonchev–Trinajstić information content (AvgIpc) is 3.73. The number of ether oxygens (including phenoxy) is 3. The molecule has 2 bridgehead atoms. The van der Waals surface area contributed by atoms with Gasteiger partial charge >= 0.3 is 11.9 Å². The van der Waals surface area contributed by atoms with Crippen molar-refractivity contribution in [3.63, 3.8) is 0 Å². The second kappa shape index (κ2) is 10.6. The van der Waals surface area contributed by atoms with Gasteiger partial charge in [0.05, 0.1) is 37.8 Å². The van der Waals surface area contributed by atoms with Gasteiger partial charge in [0.15, 0.2) is 5.78 Å². The number of fused-ring (bicyclic) bond motifs is 3. The molecule has 0 radical (unpaired) electrons. The van der Waals surface area contributed by atoms with Gasteiger partial charge in [-0.15, -0.1) is 0 Å². The van der Waals surface area contributed by atoms with E-state index in [2.05, 4.69) is 13.8 Å². The Bertz CT molecular complexity index is 1020. The fraction of sp³-hybridized carbons (Fsp3) is 0.839. The second-order valence-corrected chi connectivity index (χ2v) is 13.7. The van der Waals surface area contributed by atoms with Crippen LogP contribution in [0.15, 0.2) is 11.6 Å². The van der Waals surface area contributed by atoms with Crippen LogP contribution in [0, 0.1) is 58.7 Å². The Hall–Kier alpha value is -1.77. The number of aliphatic carboxylic acids is 1. The summed E-state index contributed by atoms with van der Waals surface area (Å²) in [6.07, 6.45) is 8.08. The van der Waals surface area contributed by atoms with Gasteiger partial charge in [-0.2, -0.15) is 0 Å². The van der Waals surface area contributed by atoms with Crippen molar-refractivity contribution < 1.29 is 33.7 Å². The minimum Gasteiger partial charge on any atom is -0.481 e. The molecule has 5 aliphatic carbocycles. The van der Waals surface area contributed by atoms with Gasteiger partial charge < -0.3 is 25.1 Å². The molecule has 6 rings (SSSR count). The van der Waals surface area contributed by atoms with Crippen molar-refractivity contribution in [2.24, 2.45) is 64.4 Å². The number of carbonyl (C=O) groups is 3. The Morgan fingerprint density at radius 2 is 1.95 bits per heavy atom. The van der Waals surface area contributed by atoms with Gasteiger partial charge in [-0.1, -0.05) is 19.4 Å². The van der Waals surface area contributed by atoms with Gasteiger partial charge in [0.1, 0.15) is 6.10 Å². The number of allylic oxidation sites excluding steroid dienone is 1. The molecule has 0 aromatic rings. The summed E-state index contributed by atoms with van der Waals surface area (Å²) in [7, 11) is 0. The monoisotopic (exact) mass is 543 g/mol. The van der Waals surface area contributed by atoms with Crippen molar-refractivity contribution in [1.82, 2.24) is 0 Å². The maximum Gasteiger partial charge on any atom is 0.309 e. The van der Waals surface area contributed by atoms with Crippen molar-refractivity contribution in [2.75, 3.05) is 26.4 Å². The molecule has 0 spiro atoms. The molecule has 0 aromatic heterocycles. The molecule has 10 atom stereocenters. The van der Waals surface area contributed by atoms with E-state index in [0.717, 1.165) is 50.5 Å². The molecule has 7 unspecified atom stereocenters. The normalized spacial score (nSPS) is 43.1. The zero-order valence-corrected chi connectivity index (χ0v) is 23.4. The molecule has 8 heteroatoms. The maximum atomic E-state index is 13.9. The number of ketones is 1. The van der Waals surface area contributed by atoms with E-state index in [1.165, 1.54) is 0 Å². The number of carboxylic acids is 1. The Balaban J connectivity index is 1.35. The Morgan fingerprint density at radius 3 is 2.64 bits per heavy atom. The third-order valence-corrected chi connectivity index (χ3v) is 11.0. The molecule has 8 nitrogen and oxygen atoms in total. The molecular weight excluding hydrogens is 498 g/mol. The highest BCUT2D eigenvalue weighted by molar-refractivity contribution is 5.97. The van der Waals surface area contributed by atoms with Crippen LogP contribution in [0.4, 0.5) is 0 Å². The number of carboxylic acid groups (broad SMARTS) is 1. The van der Waals surface area contributed by atoms with E-state index in [1.807, 2.05) is 6.08 Å². The largest absolute Gasteiger partial charge is 0.481 e. The summed E-state index contributed by atoms with van der Waals surface area (Å²) in [5.74, 6) is -1.02. The van der Waals surface area contributed by atoms with Crippen LogP contribution in [0.5, 0.6) is 0 Å². The standard InChI is InChI=1S/C31H45NO7/c1-16(2)11-18-5-6-20-19-7-8-22-21-14-37-15-31(22,23(19)12-24(33)27(20)26(18)29(34)35)13-25(28(21)38-10-9-32)39-30(36)17-3-4-17/h12,16-22,25-28H,3-11,13-15,32H2,1-2H3,(H,34,35)/t18?,19?,20?,21?,22?,25-,26?,27?,28-,31-/m1/s1. The zero-order chi connectivity index (χ0) is 27.5. The molecule has 1 aliphatic heterocycles. The van der Waals surface area contributed by atoms with Crippen LogP contribution in [0.2, 0.25) is 0 Å². The summed E-state index contributed by atoms with van der Waals surface area (Å²) in [6, 6.07) is 0. The average molecular weight is 544 g/mol. The molecule has 39 heavy (non-hydrogen) atoms. The van der Waals surface area contributed by atoms with Crippen LogP contribution in [-0.2, 0) is 28.6 Å². The van der Waals surface area contributed by atoms with Crippen LogP contribution in [0.25, 0.3) is 0 Å². The lowest BCUT2D eigenvalue weighted by molar-refractivity contribution is -0.225. The molecule has 216 valence electrons. The highest BCUT2D eigenvalue weighted by Crippen LogP contribution is 2.64. The summed E-state index contributed by atoms with van der Waals surface area (Å²) in [6.45, 7) is 6.13. The minimum absolute atomic E-state index is 0.00390. The molecule has 3 N–H and O–H groups in total. The van der Waals surface area contributed by atoms with Crippen molar-refractivity contribution in [3.8, 4) is 0 Å². The molecule has 1 heterocycles.